The average Bonchev–Trinajstić information content (AvgIpc) is 3.09. The smallest absolute Gasteiger partial charge is 0.403 e. The molecule has 0 aliphatic heterocycles. The molecule has 0 aliphatic rings. The van der Waals surface area contributed by atoms with Crippen LogP contribution in [-0.4, -0.2) is 38.7 Å². The number of hydrogen-bond donors (Lipinski definition) is 4. The fourth-order valence-electron chi connectivity index (χ4n) is 5.47. The van der Waals surface area contributed by atoms with Gasteiger partial charge in [-0.15, -0.1) is 46.8 Å². The van der Waals surface area contributed by atoms with Crippen LogP contribution in [0.4, 0.5) is 60.5 Å². The van der Waals surface area contributed by atoms with Crippen molar-refractivity contribution in [1.29, 1.82) is 0 Å². The van der Waals surface area contributed by atoms with Crippen LogP contribution < -0.4 is 20.9 Å². The second-order valence-electron chi connectivity index (χ2n) is 11.5. The molecule has 6 N–H and O–H groups in total. The first-order valence-corrected chi connectivity index (χ1v) is 18.2. The largest absolute Gasteiger partial charge is 0.573 e. The fourth-order valence-corrected chi connectivity index (χ4v) is 6.91. The van der Waals surface area contributed by atoms with Gasteiger partial charge in [0, 0.05) is 21.5 Å². The zero-order chi connectivity index (χ0) is 40.8. The molecule has 0 heterocycles. The Morgan fingerprint density at radius 3 is 1.12 bits per heavy atom. The lowest BCUT2D eigenvalue weighted by atomic mass is 10.0. The van der Waals surface area contributed by atoms with Crippen LogP contribution in [0.2, 0.25) is 0 Å². The molecule has 6 rings (SSSR count). The van der Waals surface area contributed by atoms with Crippen molar-refractivity contribution in [1.82, 2.24) is 0 Å². The molecule has 290 valence electrons. The Balaban J connectivity index is 1.42. The zero-order valence-corrected chi connectivity index (χ0v) is 29.2. The highest BCUT2D eigenvalue weighted by molar-refractivity contribution is 7.86. The quantitative estimate of drug-likeness (QED) is 0.0467. The molecule has 56 heavy (non-hydrogen) atoms. The number of nitrogen functional groups attached to an aromatic ring is 2. The van der Waals surface area contributed by atoms with Gasteiger partial charge >= 0.3 is 12.7 Å². The van der Waals surface area contributed by atoms with Crippen molar-refractivity contribution in [3.63, 3.8) is 0 Å². The topological polar surface area (TPSA) is 229 Å². The number of hydrogen-bond acceptors (Lipinski definition) is 12. The van der Waals surface area contributed by atoms with Gasteiger partial charge in [-0.1, -0.05) is 60.7 Å². The Kier molecular flexibility index (Phi) is 10.1. The number of halogens is 6. The van der Waals surface area contributed by atoms with Crippen LogP contribution in [0.25, 0.3) is 32.7 Å². The summed E-state index contributed by atoms with van der Waals surface area (Å²) >= 11 is 0. The van der Waals surface area contributed by atoms with Crippen molar-refractivity contribution < 1.29 is 61.8 Å². The molecule has 6 aromatic carbocycles. The van der Waals surface area contributed by atoms with Crippen LogP contribution in [-0.2, 0) is 20.2 Å². The Hall–Kier alpha value is -6.36. The molecule has 0 spiro atoms. The second kappa shape index (κ2) is 14.4. The molecule has 0 amide bonds. The molecule has 0 atom stereocenters. The molecule has 0 bridgehead atoms. The van der Waals surface area contributed by atoms with Crippen LogP contribution >= 0.6 is 0 Å². The molecule has 0 saturated carbocycles. The van der Waals surface area contributed by atoms with Crippen molar-refractivity contribution in [2.75, 3.05) is 11.5 Å². The van der Waals surface area contributed by atoms with Crippen molar-refractivity contribution in [3.05, 3.63) is 97.1 Å². The van der Waals surface area contributed by atoms with E-state index in [1.54, 1.807) is 0 Å². The molecule has 14 nitrogen and oxygen atoms in total. The monoisotopic (exact) mass is 820 g/mol. The Morgan fingerprint density at radius 1 is 0.482 bits per heavy atom. The second-order valence-corrected chi connectivity index (χ2v) is 14.3. The van der Waals surface area contributed by atoms with Gasteiger partial charge < -0.3 is 20.9 Å². The third-order valence-electron chi connectivity index (χ3n) is 7.84. The van der Waals surface area contributed by atoms with Crippen molar-refractivity contribution in [3.8, 4) is 22.6 Å². The lowest BCUT2D eigenvalue weighted by Gasteiger charge is -2.15. The third-order valence-corrected chi connectivity index (χ3v) is 9.63. The summed E-state index contributed by atoms with van der Waals surface area (Å²) in [6.45, 7) is 0. The summed E-state index contributed by atoms with van der Waals surface area (Å²) in [7, 11) is -9.67. The SMILES string of the molecule is Nc1c(N=Nc2ccc(-c3ccc(N=Nc4cc(S(=O)(=O)O)c5ccccc5c4N)c(OC(F)(F)F)c3)cc2OC(F)(F)F)cc(S(=O)(=O)O)c2ccccc12. The van der Waals surface area contributed by atoms with Crippen molar-refractivity contribution in [2.24, 2.45) is 20.5 Å². The van der Waals surface area contributed by atoms with Gasteiger partial charge in [-0.25, -0.2) is 0 Å². The number of fused-ring (bicyclic) bond motifs is 2. The summed E-state index contributed by atoms with van der Waals surface area (Å²) in [6, 6.07) is 19.0. The summed E-state index contributed by atoms with van der Waals surface area (Å²) in [5.74, 6) is -1.98. The third kappa shape index (κ3) is 8.62. The summed E-state index contributed by atoms with van der Waals surface area (Å²) in [4.78, 5) is -1.22. The van der Waals surface area contributed by atoms with E-state index in [9.17, 15) is 52.3 Å². The van der Waals surface area contributed by atoms with E-state index in [1.807, 2.05) is 0 Å². The highest BCUT2D eigenvalue weighted by Gasteiger charge is 2.34. The van der Waals surface area contributed by atoms with Crippen molar-refractivity contribution >= 4 is 75.9 Å². The van der Waals surface area contributed by atoms with E-state index < -0.39 is 65.6 Å². The minimum absolute atomic E-state index is 0.0300. The summed E-state index contributed by atoms with van der Waals surface area (Å²) in [5.41, 5.74) is 9.80. The summed E-state index contributed by atoms with van der Waals surface area (Å²) in [6.07, 6.45) is -10.6. The molecule has 0 saturated heterocycles. The van der Waals surface area contributed by atoms with Gasteiger partial charge in [-0.2, -0.15) is 16.8 Å². The molecule has 0 fully saturated rings. The van der Waals surface area contributed by atoms with E-state index in [1.165, 1.54) is 48.5 Å². The first kappa shape index (κ1) is 39.3. The highest BCUT2D eigenvalue weighted by Crippen LogP contribution is 2.43. The average molecular weight is 821 g/mol. The molecule has 0 aromatic heterocycles. The van der Waals surface area contributed by atoms with Crippen molar-refractivity contribution in [2.45, 2.75) is 22.5 Å². The van der Waals surface area contributed by atoms with E-state index in [2.05, 4.69) is 29.9 Å². The molecule has 22 heteroatoms. The summed E-state index contributed by atoms with van der Waals surface area (Å²) in [5, 5.41) is 15.4. The number of ether oxygens (including phenoxy) is 2. The number of rotatable bonds is 9. The van der Waals surface area contributed by atoms with Crippen LogP contribution in [0.5, 0.6) is 11.5 Å². The fraction of sp³-hybridized carbons (Fsp3) is 0.0588. The molecular formula is C34H22F6N6O8S2. The van der Waals surface area contributed by atoms with E-state index >= 15 is 0 Å². The van der Waals surface area contributed by atoms with Crippen LogP contribution in [0.3, 0.4) is 0 Å². The van der Waals surface area contributed by atoms with Crippen LogP contribution in [0.15, 0.2) is 127 Å². The Morgan fingerprint density at radius 2 is 0.804 bits per heavy atom. The zero-order valence-electron chi connectivity index (χ0n) is 27.6. The molecule has 0 unspecified atom stereocenters. The van der Waals surface area contributed by atoms with E-state index in [-0.39, 0.29) is 55.4 Å². The normalized spacial score (nSPS) is 12.9. The van der Waals surface area contributed by atoms with Gasteiger partial charge in [0.05, 0.1) is 11.4 Å². The number of nitrogens with two attached hydrogens (primary N) is 2. The maximum Gasteiger partial charge on any atom is 0.573 e. The molecule has 0 aliphatic carbocycles. The van der Waals surface area contributed by atoms with E-state index in [0.717, 1.165) is 48.5 Å². The Bertz CT molecular complexity index is 2640. The van der Waals surface area contributed by atoms with Gasteiger partial charge in [0.15, 0.2) is 11.5 Å². The number of azo groups is 2. The molecule has 6 aromatic rings. The van der Waals surface area contributed by atoms with Crippen LogP contribution in [0.1, 0.15) is 0 Å². The number of nitrogens with zero attached hydrogens (tertiary/aromatic N) is 4. The van der Waals surface area contributed by atoms with Gasteiger partial charge in [-0.3, -0.25) is 9.11 Å². The number of anilines is 2. The van der Waals surface area contributed by atoms with Gasteiger partial charge in [0.2, 0.25) is 0 Å². The standard InChI is InChI=1S/C34H22F6N6O8S2/c35-33(36,37)53-27-13-17(9-11-23(27)43-45-25-15-29(55(47,48)49)19-5-1-3-7-21(19)31(25)41)18-10-12-24(28(14-18)54-34(38,39)40)44-46-26-16-30(56(50,51)52)20-6-2-4-8-22(20)32(26)42/h1-16H,41-42H2,(H,47,48,49)(H,50,51,52). The van der Waals surface area contributed by atoms with Crippen LogP contribution in [0, 0.1) is 0 Å². The van der Waals surface area contributed by atoms with E-state index in [0.29, 0.717) is 0 Å². The predicted octanol–water partition coefficient (Wildman–Crippen LogP) is 9.95. The Labute approximate surface area is 311 Å². The lowest BCUT2D eigenvalue weighted by Crippen LogP contribution is -2.17. The maximum atomic E-state index is 13.5. The number of benzene rings is 6. The maximum absolute atomic E-state index is 13.5. The summed E-state index contributed by atoms with van der Waals surface area (Å²) < 4.78 is 157. The van der Waals surface area contributed by atoms with Gasteiger partial charge in [0.25, 0.3) is 20.2 Å². The first-order valence-electron chi connectivity index (χ1n) is 15.3. The minimum Gasteiger partial charge on any atom is -0.403 e. The predicted molar refractivity (Wildman–Crippen MR) is 190 cm³/mol. The van der Waals surface area contributed by atoms with Gasteiger partial charge in [0.1, 0.15) is 32.5 Å². The molecular weight excluding hydrogens is 799 g/mol. The highest BCUT2D eigenvalue weighted by atomic mass is 32.2. The van der Waals surface area contributed by atoms with Gasteiger partial charge in [-0.05, 0) is 47.5 Å². The van der Waals surface area contributed by atoms with E-state index in [4.69, 9.17) is 11.5 Å². The lowest BCUT2D eigenvalue weighted by molar-refractivity contribution is -0.275. The first-order chi connectivity index (χ1) is 26.1. The minimum atomic E-state index is -5.31. The number of alkyl halides is 6. The molecule has 0 radical (unpaired) electrons.